The summed E-state index contributed by atoms with van der Waals surface area (Å²) in [6.07, 6.45) is 10.6. The van der Waals surface area contributed by atoms with Gasteiger partial charge in [0.2, 0.25) is 0 Å². The topological polar surface area (TPSA) is 3.24 Å². The molecule has 0 amide bonds. The molecule has 0 saturated carbocycles. The Balaban J connectivity index is 1.82. The predicted molar refractivity (Wildman–Crippen MR) is 73.4 cm³/mol. The van der Waals surface area contributed by atoms with Gasteiger partial charge in [-0.05, 0) is 50.7 Å². The molecule has 1 aromatic carbocycles. The summed E-state index contributed by atoms with van der Waals surface area (Å²) in [6.45, 7) is 1.23. The zero-order valence-electron chi connectivity index (χ0n) is 10.4. The highest BCUT2D eigenvalue weighted by Gasteiger charge is 2.27. The zero-order valence-corrected chi connectivity index (χ0v) is 10.4. The van der Waals surface area contributed by atoms with Crippen molar-refractivity contribution in [2.75, 3.05) is 11.4 Å². The third-order valence-corrected chi connectivity index (χ3v) is 4.09. The average molecular weight is 227 g/mol. The van der Waals surface area contributed by atoms with E-state index in [2.05, 4.69) is 41.3 Å². The molecule has 2 aliphatic rings. The van der Waals surface area contributed by atoms with Crippen molar-refractivity contribution >= 4 is 5.69 Å². The summed E-state index contributed by atoms with van der Waals surface area (Å²) >= 11 is 0. The summed E-state index contributed by atoms with van der Waals surface area (Å²) in [5, 5.41) is 0. The third kappa shape index (κ3) is 2.24. The molecule has 1 saturated heterocycles. The molecular weight excluding hydrogens is 206 g/mol. The van der Waals surface area contributed by atoms with Gasteiger partial charge in [0.25, 0.3) is 0 Å². The van der Waals surface area contributed by atoms with E-state index in [1.165, 1.54) is 50.8 Å². The number of rotatable bonds is 2. The number of hydrogen-bond acceptors (Lipinski definition) is 1. The minimum Gasteiger partial charge on any atom is -0.365 e. The Bertz CT molecular complexity index is 393. The predicted octanol–water partition coefficient (Wildman–Crippen LogP) is 4.16. The van der Waals surface area contributed by atoms with Crippen LogP contribution in [0.15, 0.2) is 42.0 Å². The Kier molecular flexibility index (Phi) is 3.17. The standard InChI is InChI=1S/C16H21N/c1-3-8-14(9-4-1)16-12-7-13-17(16)15-10-5-2-6-11-15/h2,5-6,8,10-11,16H,1,3-4,7,9,12-13H2. The third-order valence-electron chi connectivity index (χ3n) is 4.09. The van der Waals surface area contributed by atoms with Crippen molar-refractivity contribution in [1.29, 1.82) is 0 Å². The molecule has 1 aliphatic heterocycles. The van der Waals surface area contributed by atoms with Crippen LogP contribution in [0.25, 0.3) is 0 Å². The first-order chi connectivity index (χ1) is 8.45. The molecule has 1 nitrogen and oxygen atoms in total. The minimum atomic E-state index is 0.692. The van der Waals surface area contributed by atoms with Crippen LogP contribution in [0.4, 0.5) is 5.69 Å². The molecule has 0 aromatic heterocycles. The lowest BCUT2D eigenvalue weighted by Gasteiger charge is -2.30. The van der Waals surface area contributed by atoms with Gasteiger partial charge in [0.15, 0.2) is 0 Å². The number of benzene rings is 1. The smallest absolute Gasteiger partial charge is 0.0502 e. The highest BCUT2D eigenvalue weighted by atomic mass is 15.2. The Morgan fingerprint density at radius 3 is 2.65 bits per heavy atom. The number of allylic oxidation sites excluding steroid dienone is 1. The van der Waals surface area contributed by atoms with E-state index in [0.29, 0.717) is 6.04 Å². The van der Waals surface area contributed by atoms with Gasteiger partial charge < -0.3 is 4.90 Å². The molecule has 0 N–H and O–H groups in total. The highest BCUT2D eigenvalue weighted by molar-refractivity contribution is 5.50. The Labute approximate surface area is 104 Å². The van der Waals surface area contributed by atoms with Crippen LogP contribution < -0.4 is 4.90 Å². The van der Waals surface area contributed by atoms with Crippen LogP contribution in [-0.4, -0.2) is 12.6 Å². The van der Waals surface area contributed by atoms with Crippen molar-refractivity contribution < 1.29 is 0 Å². The molecule has 17 heavy (non-hydrogen) atoms. The summed E-state index contributed by atoms with van der Waals surface area (Å²) in [6, 6.07) is 11.6. The van der Waals surface area contributed by atoms with Gasteiger partial charge in [-0.15, -0.1) is 0 Å². The maximum atomic E-state index is 2.61. The Morgan fingerprint density at radius 1 is 1.00 bits per heavy atom. The van der Waals surface area contributed by atoms with Crippen LogP contribution in [0.5, 0.6) is 0 Å². The largest absolute Gasteiger partial charge is 0.365 e. The SMILES string of the molecule is C1=C(C2CCCN2c2ccccc2)CCCC1. The fourth-order valence-corrected chi connectivity index (χ4v) is 3.25. The van der Waals surface area contributed by atoms with Gasteiger partial charge >= 0.3 is 0 Å². The van der Waals surface area contributed by atoms with Crippen molar-refractivity contribution in [2.45, 2.75) is 44.6 Å². The van der Waals surface area contributed by atoms with Crippen LogP contribution >= 0.6 is 0 Å². The monoisotopic (exact) mass is 227 g/mol. The van der Waals surface area contributed by atoms with Gasteiger partial charge in [-0.2, -0.15) is 0 Å². The molecule has 1 aromatic rings. The molecule has 1 heteroatoms. The van der Waals surface area contributed by atoms with E-state index in [1.54, 1.807) is 5.57 Å². The fraction of sp³-hybridized carbons (Fsp3) is 0.500. The van der Waals surface area contributed by atoms with E-state index in [-0.39, 0.29) is 0 Å². The number of para-hydroxylation sites is 1. The van der Waals surface area contributed by atoms with Gasteiger partial charge in [-0.3, -0.25) is 0 Å². The van der Waals surface area contributed by atoms with Gasteiger partial charge in [0.1, 0.15) is 0 Å². The lowest BCUT2D eigenvalue weighted by molar-refractivity contribution is 0.630. The van der Waals surface area contributed by atoms with E-state index in [0.717, 1.165) is 0 Å². The molecule has 1 fully saturated rings. The van der Waals surface area contributed by atoms with Crippen LogP contribution in [-0.2, 0) is 0 Å². The van der Waals surface area contributed by atoms with Crippen LogP contribution in [0.1, 0.15) is 38.5 Å². The minimum absolute atomic E-state index is 0.692. The van der Waals surface area contributed by atoms with Crippen LogP contribution in [0, 0.1) is 0 Å². The van der Waals surface area contributed by atoms with Crippen molar-refractivity contribution in [2.24, 2.45) is 0 Å². The summed E-state index contributed by atoms with van der Waals surface area (Å²) < 4.78 is 0. The fourth-order valence-electron chi connectivity index (χ4n) is 3.25. The molecule has 1 atom stereocenters. The molecule has 90 valence electrons. The van der Waals surface area contributed by atoms with Crippen LogP contribution in [0.3, 0.4) is 0 Å². The summed E-state index contributed by atoms with van der Waals surface area (Å²) in [5.41, 5.74) is 3.11. The molecule has 0 spiro atoms. The Morgan fingerprint density at radius 2 is 1.88 bits per heavy atom. The number of anilines is 1. The first-order valence-electron chi connectivity index (χ1n) is 6.96. The average Bonchev–Trinajstić information content (AvgIpc) is 2.90. The van der Waals surface area contributed by atoms with Crippen molar-refractivity contribution in [3.05, 3.63) is 42.0 Å². The summed E-state index contributed by atoms with van der Waals surface area (Å²) in [5.74, 6) is 0. The van der Waals surface area contributed by atoms with E-state index in [4.69, 9.17) is 0 Å². The number of nitrogens with zero attached hydrogens (tertiary/aromatic N) is 1. The Hall–Kier alpha value is -1.24. The molecule has 0 bridgehead atoms. The highest BCUT2D eigenvalue weighted by Crippen LogP contribution is 2.33. The molecule has 1 aliphatic carbocycles. The summed E-state index contributed by atoms with van der Waals surface area (Å²) in [7, 11) is 0. The van der Waals surface area contributed by atoms with Crippen molar-refractivity contribution in [1.82, 2.24) is 0 Å². The van der Waals surface area contributed by atoms with Crippen LogP contribution in [0.2, 0.25) is 0 Å². The van der Waals surface area contributed by atoms with E-state index >= 15 is 0 Å². The molecule has 1 unspecified atom stereocenters. The van der Waals surface area contributed by atoms with E-state index < -0.39 is 0 Å². The van der Waals surface area contributed by atoms with Gasteiger partial charge in [-0.1, -0.05) is 29.8 Å². The maximum Gasteiger partial charge on any atom is 0.0502 e. The molecule has 1 heterocycles. The number of hydrogen-bond donors (Lipinski definition) is 0. The second kappa shape index (κ2) is 4.95. The lowest BCUT2D eigenvalue weighted by atomic mass is 9.92. The van der Waals surface area contributed by atoms with Gasteiger partial charge in [0, 0.05) is 12.2 Å². The van der Waals surface area contributed by atoms with E-state index in [1.807, 2.05) is 0 Å². The quantitative estimate of drug-likeness (QED) is 0.686. The second-order valence-corrected chi connectivity index (χ2v) is 5.21. The normalized spacial score (nSPS) is 24.8. The first-order valence-corrected chi connectivity index (χ1v) is 6.96. The van der Waals surface area contributed by atoms with Crippen molar-refractivity contribution in [3.63, 3.8) is 0 Å². The second-order valence-electron chi connectivity index (χ2n) is 5.21. The zero-order chi connectivity index (χ0) is 11.5. The maximum absolute atomic E-state index is 2.61. The molecule has 0 radical (unpaired) electrons. The first kappa shape index (κ1) is 10.9. The van der Waals surface area contributed by atoms with Gasteiger partial charge in [0.05, 0.1) is 6.04 Å². The lowest BCUT2D eigenvalue weighted by Crippen LogP contribution is -2.31. The summed E-state index contributed by atoms with van der Waals surface area (Å²) in [4.78, 5) is 2.61. The molecular formula is C16H21N. The van der Waals surface area contributed by atoms with Crippen molar-refractivity contribution in [3.8, 4) is 0 Å². The molecule has 3 rings (SSSR count). The van der Waals surface area contributed by atoms with E-state index in [9.17, 15) is 0 Å². The van der Waals surface area contributed by atoms with Gasteiger partial charge in [-0.25, -0.2) is 0 Å².